The van der Waals surface area contributed by atoms with Gasteiger partial charge in [0.15, 0.2) is 0 Å². The Kier molecular flexibility index (Phi) is 5.08. The van der Waals surface area contributed by atoms with E-state index in [0.29, 0.717) is 24.6 Å². The summed E-state index contributed by atoms with van der Waals surface area (Å²) in [5, 5.41) is 14.3. The van der Waals surface area contributed by atoms with Crippen LogP contribution >= 0.6 is 0 Å². The number of nitrogens with one attached hydrogen (secondary N) is 1. The van der Waals surface area contributed by atoms with Crippen molar-refractivity contribution in [3.05, 3.63) is 53.1 Å². The Hall–Kier alpha value is -3.12. The smallest absolute Gasteiger partial charge is 0.335 e. The highest BCUT2D eigenvalue weighted by Gasteiger charge is 2.48. The second kappa shape index (κ2) is 7.95. The second-order valence-electron chi connectivity index (χ2n) is 10.9. The van der Waals surface area contributed by atoms with Gasteiger partial charge in [0.1, 0.15) is 0 Å². The van der Waals surface area contributed by atoms with Gasteiger partial charge in [0.05, 0.1) is 22.4 Å². The third-order valence-electron chi connectivity index (χ3n) is 8.62. The van der Waals surface area contributed by atoms with Crippen molar-refractivity contribution in [2.75, 3.05) is 18.5 Å². The number of aromatic nitrogens is 1. The molecule has 6 nitrogen and oxygen atoms in total. The van der Waals surface area contributed by atoms with Crippen LogP contribution in [0.3, 0.4) is 0 Å². The molecule has 1 unspecified atom stereocenters. The fourth-order valence-electron chi connectivity index (χ4n) is 7.01. The molecule has 2 aliphatic heterocycles. The van der Waals surface area contributed by atoms with Crippen LogP contribution in [-0.2, 0) is 11.3 Å². The average molecular weight is 472 g/mol. The SMILES string of the molecule is CNC1c2cccc3c2N(CCn2c-3c(C3CCCCC3)c3ccc(C(=O)O)cc32)C(=O)C1(C)C. The molecule has 1 atom stereocenters. The topological polar surface area (TPSA) is 74.6 Å². The molecule has 3 aromatic rings. The largest absolute Gasteiger partial charge is 0.478 e. The Bertz CT molecular complexity index is 1360. The van der Waals surface area contributed by atoms with E-state index in [2.05, 4.69) is 28.1 Å². The maximum absolute atomic E-state index is 13.8. The molecule has 1 amide bonds. The van der Waals surface area contributed by atoms with Crippen LogP contribution in [0.25, 0.3) is 22.2 Å². The number of para-hydroxylation sites is 1. The summed E-state index contributed by atoms with van der Waals surface area (Å²) in [6.07, 6.45) is 6.01. The van der Waals surface area contributed by atoms with Crippen molar-refractivity contribution >= 4 is 28.5 Å². The average Bonchev–Trinajstić information content (AvgIpc) is 3.07. The van der Waals surface area contributed by atoms with Crippen molar-refractivity contribution in [1.82, 2.24) is 9.88 Å². The van der Waals surface area contributed by atoms with Crippen LogP contribution in [0.1, 0.15) is 79.4 Å². The molecule has 6 rings (SSSR count). The zero-order valence-corrected chi connectivity index (χ0v) is 20.7. The minimum Gasteiger partial charge on any atom is -0.478 e. The summed E-state index contributed by atoms with van der Waals surface area (Å²) in [6.45, 7) is 5.27. The molecule has 0 radical (unpaired) electrons. The molecule has 6 heteroatoms. The lowest BCUT2D eigenvalue weighted by Gasteiger charge is -2.44. The van der Waals surface area contributed by atoms with Gasteiger partial charge in [0, 0.05) is 35.6 Å². The predicted molar refractivity (Wildman–Crippen MR) is 138 cm³/mol. The number of hydrogen-bond acceptors (Lipinski definition) is 3. The summed E-state index contributed by atoms with van der Waals surface area (Å²) in [4.78, 5) is 27.7. The third-order valence-corrected chi connectivity index (χ3v) is 8.62. The molecule has 2 N–H and O–H groups in total. The number of carbonyl (C=O) groups excluding carboxylic acids is 1. The van der Waals surface area contributed by atoms with Gasteiger partial charge in [0.25, 0.3) is 0 Å². The van der Waals surface area contributed by atoms with Crippen molar-refractivity contribution in [3.8, 4) is 11.3 Å². The number of rotatable bonds is 3. The van der Waals surface area contributed by atoms with Gasteiger partial charge in [-0.25, -0.2) is 4.79 Å². The number of aromatic carboxylic acids is 1. The molecule has 0 spiro atoms. The standard InChI is InChI=1S/C29H33N3O3/c1-29(2)26(30-3)21-11-7-10-20-24(21)32(28(29)35)15-14-31-22-16-18(27(33)34)12-13-19(22)23(25(20)31)17-8-5-4-6-9-17/h7,10-13,16-17,26,30H,4-6,8-9,14-15H2,1-3H3,(H,33,34). The number of anilines is 1. The van der Waals surface area contributed by atoms with E-state index in [-0.39, 0.29) is 11.9 Å². The number of amides is 1. The monoisotopic (exact) mass is 471 g/mol. The Morgan fingerprint density at radius 1 is 1.09 bits per heavy atom. The Balaban J connectivity index is 1.69. The van der Waals surface area contributed by atoms with Crippen LogP contribution in [0.2, 0.25) is 0 Å². The number of fused-ring (bicyclic) bond motifs is 4. The number of benzene rings is 2. The van der Waals surface area contributed by atoms with E-state index >= 15 is 0 Å². The number of hydrogen-bond donors (Lipinski definition) is 2. The van der Waals surface area contributed by atoms with Gasteiger partial charge >= 0.3 is 5.97 Å². The van der Waals surface area contributed by atoms with Gasteiger partial charge < -0.3 is 19.9 Å². The first kappa shape index (κ1) is 22.4. The number of carboxylic acid groups (broad SMARTS) is 1. The highest BCUT2D eigenvalue weighted by atomic mass is 16.4. The summed E-state index contributed by atoms with van der Waals surface area (Å²) in [7, 11) is 1.93. The summed E-state index contributed by atoms with van der Waals surface area (Å²) in [5.41, 5.74) is 6.50. The fraction of sp³-hybridized carbons (Fsp3) is 0.448. The van der Waals surface area contributed by atoms with Gasteiger partial charge in [-0.2, -0.15) is 0 Å². The van der Waals surface area contributed by atoms with Crippen molar-refractivity contribution in [3.63, 3.8) is 0 Å². The zero-order chi connectivity index (χ0) is 24.5. The second-order valence-corrected chi connectivity index (χ2v) is 10.9. The van der Waals surface area contributed by atoms with Gasteiger partial charge in [-0.3, -0.25) is 4.79 Å². The molecule has 1 fully saturated rings. The lowest BCUT2D eigenvalue weighted by molar-refractivity contribution is -0.128. The predicted octanol–water partition coefficient (Wildman–Crippen LogP) is 5.70. The molecule has 182 valence electrons. The molecular formula is C29H33N3O3. The number of carbonyl (C=O) groups is 2. The van der Waals surface area contributed by atoms with Crippen molar-refractivity contribution < 1.29 is 14.7 Å². The Labute approximate surface area is 205 Å². The highest BCUT2D eigenvalue weighted by Crippen LogP contribution is 2.53. The minimum atomic E-state index is -0.911. The summed E-state index contributed by atoms with van der Waals surface area (Å²) < 4.78 is 2.30. The van der Waals surface area contributed by atoms with Crippen LogP contribution in [-0.4, -0.2) is 35.1 Å². The lowest BCUT2D eigenvalue weighted by Crippen LogP contribution is -2.52. The van der Waals surface area contributed by atoms with Crippen LogP contribution in [0.15, 0.2) is 36.4 Å². The maximum Gasteiger partial charge on any atom is 0.335 e. The quantitative estimate of drug-likeness (QED) is 0.514. The summed E-state index contributed by atoms with van der Waals surface area (Å²) in [6, 6.07) is 11.9. The van der Waals surface area contributed by atoms with Crippen LogP contribution in [0.4, 0.5) is 5.69 Å². The molecule has 1 saturated carbocycles. The zero-order valence-electron chi connectivity index (χ0n) is 20.7. The van der Waals surface area contributed by atoms with Crippen LogP contribution in [0.5, 0.6) is 0 Å². The van der Waals surface area contributed by atoms with Gasteiger partial charge in [-0.15, -0.1) is 0 Å². The van der Waals surface area contributed by atoms with E-state index in [4.69, 9.17) is 0 Å². The molecular weight excluding hydrogens is 438 g/mol. The van der Waals surface area contributed by atoms with Gasteiger partial charge in [0.2, 0.25) is 5.91 Å². The van der Waals surface area contributed by atoms with E-state index in [9.17, 15) is 14.7 Å². The molecule has 3 heterocycles. The fourth-order valence-corrected chi connectivity index (χ4v) is 7.01. The van der Waals surface area contributed by atoms with Crippen molar-refractivity contribution in [2.45, 2.75) is 64.5 Å². The van der Waals surface area contributed by atoms with Gasteiger partial charge in [-0.05, 0) is 62.9 Å². The van der Waals surface area contributed by atoms with E-state index in [0.717, 1.165) is 40.6 Å². The Morgan fingerprint density at radius 2 is 1.86 bits per heavy atom. The molecule has 2 aromatic carbocycles. The van der Waals surface area contributed by atoms with E-state index in [1.807, 2.05) is 37.9 Å². The molecule has 0 bridgehead atoms. The van der Waals surface area contributed by atoms with E-state index in [1.54, 1.807) is 6.07 Å². The number of carboxylic acids is 1. The van der Waals surface area contributed by atoms with Gasteiger partial charge in [-0.1, -0.05) is 43.5 Å². The molecule has 0 saturated heterocycles. The summed E-state index contributed by atoms with van der Waals surface area (Å²) in [5.74, 6) is -0.333. The van der Waals surface area contributed by atoms with Crippen molar-refractivity contribution in [2.24, 2.45) is 5.41 Å². The lowest BCUT2D eigenvalue weighted by atomic mass is 9.74. The van der Waals surface area contributed by atoms with E-state index in [1.165, 1.54) is 30.5 Å². The first-order valence-electron chi connectivity index (χ1n) is 12.9. The third kappa shape index (κ3) is 3.12. The normalized spacial score (nSPS) is 21.5. The molecule has 1 aromatic heterocycles. The minimum absolute atomic E-state index is 0.0751. The summed E-state index contributed by atoms with van der Waals surface area (Å²) >= 11 is 0. The molecule has 1 aliphatic carbocycles. The van der Waals surface area contributed by atoms with E-state index < -0.39 is 11.4 Å². The first-order chi connectivity index (χ1) is 16.8. The van der Waals surface area contributed by atoms with Crippen LogP contribution < -0.4 is 10.2 Å². The number of nitrogens with zero attached hydrogens (tertiary/aromatic N) is 2. The highest BCUT2D eigenvalue weighted by molar-refractivity contribution is 6.07. The molecule has 35 heavy (non-hydrogen) atoms. The molecule has 3 aliphatic rings. The maximum atomic E-state index is 13.8. The first-order valence-corrected chi connectivity index (χ1v) is 12.9. The Morgan fingerprint density at radius 3 is 2.57 bits per heavy atom. The van der Waals surface area contributed by atoms with Crippen molar-refractivity contribution in [1.29, 1.82) is 0 Å². The van der Waals surface area contributed by atoms with Crippen LogP contribution in [0, 0.1) is 5.41 Å².